The van der Waals surface area contributed by atoms with Crippen LogP contribution in [0.5, 0.6) is 11.5 Å². The average molecular weight is 831 g/mol. The number of aromatic hydroxyl groups is 2. The fourth-order valence-electron chi connectivity index (χ4n) is 7.35. The highest BCUT2D eigenvalue weighted by molar-refractivity contribution is 8.01. The molecule has 2 unspecified atom stereocenters. The number of anilines is 2. The molecule has 2 aliphatic rings. The first kappa shape index (κ1) is 35.7. The first-order chi connectivity index (χ1) is 27.7. The van der Waals surface area contributed by atoms with Crippen molar-refractivity contribution < 1.29 is 28.6 Å². The van der Waals surface area contributed by atoms with E-state index in [2.05, 4.69) is 44.7 Å². The third-order valence-electron chi connectivity index (χ3n) is 10.1. The van der Waals surface area contributed by atoms with Crippen LogP contribution in [0.1, 0.15) is 44.1 Å². The number of aryl methyl sites for hydroxylation is 2. The summed E-state index contributed by atoms with van der Waals surface area (Å²) in [6.45, 7) is 4.00. The van der Waals surface area contributed by atoms with Gasteiger partial charge in [0.15, 0.2) is 10.0 Å². The molecule has 0 bridgehead atoms. The predicted octanol–water partition coefficient (Wildman–Crippen LogP) is 9.39. The first-order valence-corrected chi connectivity index (χ1v) is 21.6. The van der Waals surface area contributed by atoms with Crippen molar-refractivity contribution in [3.05, 3.63) is 119 Å². The van der Waals surface area contributed by atoms with Crippen molar-refractivity contribution >= 4 is 90.2 Å². The fraction of sp³-hybridized carbons (Fsp3) is 0.171. The van der Waals surface area contributed by atoms with Crippen molar-refractivity contribution in [3.63, 3.8) is 0 Å². The molecule has 8 aromatic rings. The first-order valence-electron chi connectivity index (χ1n) is 17.8. The van der Waals surface area contributed by atoms with Gasteiger partial charge >= 0.3 is 0 Å². The largest absolute Gasteiger partial charge is 0.508 e. The monoisotopic (exact) mass is 830 g/mol. The Balaban J connectivity index is 1.00. The highest BCUT2D eigenvalue weighted by atomic mass is 32.2. The Hall–Kier alpha value is -5.68. The molecule has 0 saturated carbocycles. The van der Waals surface area contributed by atoms with Crippen molar-refractivity contribution in [1.82, 2.24) is 20.4 Å². The normalized spacial score (nSPS) is 17.2. The predicted molar refractivity (Wildman–Crippen MR) is 224 cm³/mol. The van der Waals surface area contributed by atoms with Crippen LogP contribution >= 0.6 is 46.2 Å². The van der Waals surface area contributed by atoms with Crippen LogP contribution in [0.2, 0.25) is 0 Å². The van der Waals surface area contributed by atoms with Gasteiger partial charge in [0.2, 0.25) is 22.1 Å². The SMILES string of the molecule is Cc1coc2c(-c3nnc(N4C(=O)CSC4c4ccccc4O)s3)cc(Cc3cc(-c4nnc(N5C(=O)CSC5c5ccccc5O)s4)c4occ(C)c4c3)cc12. The van der Waals surface area contributed by atoms with Crippen LogP contribution in [0.3, 0.4) is 0 Å². The molecule has 4 aromatic heterocycles. The molecule has 2 atom stereocenters. The van der Waals surface area contributed by atoms with Gasteiger partial charge in [0.25, 0.3) is 0 Å². The van der Waals surface area contributed by atoms with Crippen molar-refractivity contribution in [2.75, 3.05) is 21.3 Å². The number of fused-ring (bicyclic) bond motifs is 2. The van der Waals surface area contributed by atoms with Gasteiger partial charge in [-0.1, -0.05) is 59.1 Å². The van der Waals surface area contributed by atoms with E-state index in [0.717, 1.165) is 44.2 Å². The van der Waals surface area contributed by atoms with E-state index in [0.29, 0.717) is 49.0 Å². The molecule has 4 aromatic carbocycles. The molecular weight excluding hydrogens is 801 g/mol. The van der Waals surface area contributed by atoms with Crippen LogP contribution in [0.15, 0.2) is 94.2 Å². The van der Waals surface area contributed by atoms with Crippen molar-refractivity contribution in [1.29, 1.82) is 0 Å². The van der Waals surface area contributed by atoms with Crippen LogP contribution in [0, 0.1) is 13.8 Å². The zero-order chi connectivity index (χ0) is 38.9. The number of thioether (sulfide) groups is 2. The Bertz CT molecular complexity index is 2710. The van der Waals surface area contributed by atoms with Gasteiger partial charge in [-0.2, -0.15) is 0 Å². The minimum Gasteiger partial charge on any atom is -0.508 e. The standard InChI is InChI=1S/C41H30N6O6S4/c1-20-16-52-34-26(20)12-22(14-28(34)36-42-44-40(56-36)46-32(50)18-54-38(46)24-7-3-5-9-30(24)48)11-23-13-27-21(2)17-53-35(27)29(15-23)37-43-45-41(57-37)47-33(51)19-55-39(47)25-8-4-6-10-31(25)49/h3-10,12-17,38-39,48-49H,11,18-19H2,1-2H3. The van der Waals surface area contributed by atoms with E-state index < -0.39 is 10.7 Å². The molecular formula is C41H30N6O6S4. The minimum atomic E-state index is -0.426. The number of hydrogen-bond acceptors (Lipinski definition) is 14. The summed E-state index contributed by atoms with van der Waals surface area (Å²) in [5.41, 5.74) is 8.14. The lowest BCUT2D eigenvalue weighted by Crippen LogP contribution is -2.27. The number of carbonyl (C=O) groups is 2. The van der Waals surface area contributed by atoms with E-state index in [1.54, 1.807) is 46.6 Å². The molecule has 6 heterocycles. The van der Waals surface area contributed by atoms with Crippen molar-refractivity contribution in [2.24, 2.45) is 0 Å². The molecule has 57 heavy (non-hydrogen) atoms. The Morgan fingerprint density at radius 2 is 1.09 bits per heavy atom. The molecule has 0 aliphatic carbocycles. The van der Waals surface area contributed by atoms with Gasteiger partial charge in [-0.05, 0) is 78.9 Å². The average Bonchev–Trinajstić information content (AvgIpc) is 4.08. The van der Waals surface area contributed by atoms with E-state index >= 15 is 0 Å². The van der Waals surface area contributed by atoms with E-state index in [1.165, 1.54) is 46.2 Å². The second kappa shape index (κ2) is 14.1. The van der Waals surface area contributed by atoms with Crippen LogP contribution < -0.4 is 9.80 Å². The zero-order valence-electron chi connectivity index (χ0n) is 30.2. The van der Waals surface area contributed by atoms with Crippen LogP contribution in [0.25, 0.3) is 43.1 Å². The topological polar surface area (TPSA) is 159 Å². The van der Waals surface area contributed by atoms with Crippen LogP contribution in [-0.2, 0) is 16.0 Å². The number of carbonyl (C=O) groups excluding carboxylic acids is 2. The van der Waals surface area contributed by atoms with Gasteiger partial charge in [-0.15, -0.1) is 43.9 Å². The molecule has 2 N–H and O–H groups in total. The number of nitrogens with zero attached hydrogens (tertiary/aromatic N) is 6. The molecule has 2 fully saturated rings. The lowest BCUT2D eigenvalue weighted by molar-refractivity contribution is -0.116. The third-order valence-corrected chi connectivity index (χ3v) is 14.4. The number of phenols is 2. The Kier molecular flexibility index (Phi) is 8.81. The number of hydrogen-bond donors (Lipinski definition) is 2. The summed E-state index contributed by atoms with van der Waals surface area (Å²) in [5, 5.41) is 42.4. The Labute approximate surface area is 341 Å². The number of benzene rings is 4. The van der Waals surface area contributed by atoms with Crippen molar-refractivity contribution in [2.45, 2.75) is 31.0 Å². The fourth-order valence-corrected chi connectivity index (χ4v) is 11.7. The van der Waals surface area contributed by atoms with Crippen molar-refractivity contribution in [3.8, 4) is 32.6 Å². The zero-order valence-corrected chi connectivity index (χ0v) is 33.5. The number of amides is 2. The van der Waals surface area contributed by atoms with Gasteiger partial charge in [0.05, 0.1) is 35.2 Å². The third kappa shape index (κ3) is 6.14. The van der Waals surface area contributed by atoms with Gasteiger partial charge in [0.1, 0.15) is 33.4 Å². The Morgan fingerprint density at radius 3 is 1.53 bits per heavy atom. The number of rotatable bonds is 8. The molecule has 12 nitrogen and oxygen atoms in total. The lowest BCUT2D eigenvalue weighted by Gasteiger charge is -2.21. The molecule has 16 heteroatoms. The summed E-state index contributed by atoms with van der Waals surface area (Å²) < 4.78 is 12.2. The van der Waals surface area contributed by atoms with E-state index in [-0.39, 0.29) is 34.8 Å². The molecule has 2 aliphatic heterocycles. The maximum absolute atomic E-state index is 13.2. The van der Waals surface area contributed by atoms with E-state index in [1.807, 2.05) is 38.1 Å². The molecule has 10 rings (SSSR count). The van der Waals surface area contributed by atoms with Gasteiger partial charge in [0, 0.05) is 21.9 Å². The van der Waals surface area contributed by atoms with Crippen LogP contribution in [0.4, 0.5) is 10.3 Å². The van der Waals surface area contributed by atoms with Gasteiger partial charge in [-0.3, -0.25) is 19.4 Å². The minimum absolute atomic E-state index is 0.104. The Morgan fingerprint density at radius 1 is 0.649 bits per heavy atom. The maximum Gasteiger partial charge on any atom is 0.240 e. The lowest BCUT2D eigenvalue weighted by atomic mass is 9.97. The molecule has 2 saturated heterocycles. The van der Waals surface area contributed by atoms with Gasteiger partial charge < -0.3 is 19.0 Å². The highest BCUT2D eigenvalue weighted by Gasteiger charge is 2.39. The second-order valence-electron chi connectivity index (χ2n) is 13.8. The number of phenolic OH excluding ortho intramolecular Hbond substituents is 2. The number of furan rings is 2. The summed E-state index contributed by atoms with van der Waals surface area (Å²) in [6, 6.07) is 22.4. The molecule has 0 radical (unpaired) electrons. The summed E-state index contributed by atoms with van der Waals surface area (Å²) in [5.74, 6) is 0.565. The number of para-hydroxylation sites is 2. The number of aromatic nitrogens is 4. The summed E-state index contributed by atoms with van der Waals surface area (Å²) in [7, 11) is 0. The summed E-state index contributed by atoms with van der Waals surface area (Å²) in [4.78, 5) is 29.6. The highest BCUT2D eigenvalue weighted by Crippen LogP contribution is 2.48. The molecule has 0 spiro atoms. The van der Waals surface area contributed by atoms with E-state index in [4.69, 9.17) is 8.83 Å². The summed E-state index contributed by atoms with van der Waals surface area (Å²) >= 11 is 5.49. The molecule has 284 valence electrons. The van der Waals surface area contributed by atoms with E-state index in [9.17, 15) is 19.8 Å². The molecule has 2 amide bonds. The second-order valence-corrected chi connectivity index (χ2v) is 17.9. The van der Waals surface area contributed by atoms with Gasteiger partial charge in [-0.25, -0.2) is 0 Å². The smallest absolute Gasteiger partial charge is 0.240 e. The quantitative estimate of drug-likeness (QED) is 0.150. The summed E-state index contributed by atoms with van der Waals surface area (Å²) in [6.07, 6.45) is 4.01. The maximum atomic E-state index is 13.2. The van der Waals surface area contributed by atoms with Crippen LogP contribution in [-0.4, -0.2) is 53.9 Å².